The molecule has 2 rings (SSSR count). The van der Waals surface area contributed by atoms with Gasteiger partial charge >= 0.3 is 0 Å². The molecule has 0 bridgehead atoms. The molecule has 0 unspecified atom stereocenters. The van der Waals surface area contributed by atoms with E-state index in [4.69, 9.17) is 4.74 Å². The average molecular weight is 341 g/mol. The van der Waals surface area contributed by atoms with Crippen molar-refractivity contribution in [3.05, 3.63) is 58.6 Å². The first-order valence-corrected chi connectivity index (χ1v) is 8.08. The van der Waals surface area contributed by atoms with E-state index in [1.54, 1.807) is 30.3 Å². The Bertz CT molecular complexity index is 666. The van der Waals surface area contributed by atoms with Crippen LogP contribution in [-0.4, -0.2) is 15.5 Å². The van der Waals surface area contributed by atoms with Crippen LogP contribution in [0.3, 0.4) is 0 Å². The van der Waals surface area contributed by atoms with Crippen LogP contribution in [0.25, 0.3) is 0 Å². The normalized spacial score (nSPS) is 11.3. The molecule has 0 N–H and O–H groups in total. The van der Waals surface area contributed by atoms with Crippen LogP contribution in [0.15, 0.2) is 57.9 Å². The van der Waals surface area contributed by atoms with Gasteiger partial charge in [0.15, 0.2) is 9.84 Å². The van der Waals surface area contributed by atoms with E-state index in [9.17, 15) is 8.42 Å². The minimum Gasteiger partial charge on any atom is -0.495 e. The molecule has 5 heteroatoms. The SMILES string of the molecule is COc1ccc(Br)cc1S(=O)(=O)Cc1ccccc1. The van der Waals surface area contributed by atoms with Crippen LogP contribution in [0.2, 0.25) is 0 Å². The third-order valence-electron chi connectivity index (χ3n) is 2.66. The smallest absolute Gasteiger partial charge is 0.186 e. The summed E-state index contributed by atoms with van der Waals surface area (Å²) in [6.07, 6.45) is 0. The Labute approximate surface area is 121 Å². The van der Waals surface area contributed by atoms with Crippen molar-refractivity contribution in [2.24, 2.45) is 0 Å². The average Bonchev–Trinajstić information content (AvgIpc) is 2.39. The molecule has 0 saturated heterocycles. The van der Waals surface area contributed by atoms with Crippen molar-refractivity contribution >= 4 is 25.8 Å². The first kappa shape index (κ1) is 14.1. The highest BCUT2D eigenvalue weighted by atomic mass is 79.9. The standard InChI is InChI=1S/C14H13BrO3S/c1-18-13-8-7-12(15)9-14(13)19(16,17)10-11-5-3-2-4-6-11/h2-9H,10H2,1H3. The van der Waals surface area contributed by atoms with Crippen molar-refractivity contribution < 1.29 is 13.2 Å². The number of sulfone groups is 1. The zero-order valence-electron chi connectivity index (χ0n) is 10.3. The first-order valence-electron chi connectivity index (χ1n) is 5.63. The molecule has 0 amide bonds. The maximum atomic E-state index is 12.4. The number of ether oxygens (including phenoxy) is 1. The lowest BCUT2D eigenvalue weighted by Gasteiger charge is -2.10. The Hall–Kier alpha value is -1.33. The van der Waals surface area contributed by atoms with E-state index in [2.05, 4.69) is 15.9 Å². The number of rotatable bonds is 4. The number of benzene rings is 2. The number of hydrogen-bond acceptors (Lipinski definition) is 3. The molecule has 2 aromatic rings. The summed E-state index contributed by atoms with van der Waals surface area (Å²) in [5.41, 5.74) is 0.754. The number of methoxy groups -OCH3 is 1. The molecule has 0 saturated carbocycles. The van der Waals surface area contributed by atoms with Crippen LogP contribution >= 0.6 is 15.9 Å². The minimum atomic E-state index is -3.43. The van der Waals surface area contributed by atoms with Gasteiger partial charge in [0.2, 0.25) is 0 Å². The molecule has 100 valence electrons. The van der Waals surface area contributed by atoms with Gasteiger partial charge in [-0.2, -0.15) is 0 Å². The molecule has 3 nitrogen and oxygen atoms in total. The predicted octanol–water partition coefficient (Wildman–Crippen LogP) is 3.43. The van der Waals surface area contributed by atoms with Gasteiger partial charge < -0.3 is 4.74 Å². The van der Waals surface area contributed by atoms with Crippen molar-refractivity contribution in [1.29, 1.82) is 0 Å². The quantitative estimate of drug-likeness (QED) is 0.856. The third-order valence-corrected chi connectivity index (χ3v) is 4.86. The maximum absolute atomic E-state index is 12.4. The molecule has 0 radical (unpaired) electrons. The Morgan fingerprint density at radius 1 is 1.11 bits per heavy atom. The lowest BCUT2D eigenvalue weighted by Crippen LogP contribution is -2.07. The van der Waals surface area contributed by atoms with Gasteiger partial charge in [-0.25, -0.2) is 8.42 Å². The van der Waals surface area contributed by atoms with Crippen LogP contribution < -0.4 is 4.74 Å². The summed E-state index contributed by atoms with van der Waals surface area (Å²) >= 11 is 3.28. The predicted molar refractivity (Wildman–Crippen MR) is 78.0 cm³/mol. The first-order chi connectivity index (χ1) is 9.03. The topological polar surface area (TPSA) is 43.4 Å². The fourth-order valence-corrected chi connectivity index (χ4v) is 3.83. The van der Waals surface area contributed by atoms with Crippen molar-refractivity contribution in [1.82, 2.24) is 0 Å². The van der Waals surface area contributed by atoms with Crippen molar-refractivity contribution in [3.8, 4) is 5.75 Å². The summed E-state index contributed by atoms with van der Waals surface area (Å²) < 4.78 is 30.7. The molecule has 0 aromatic heterocycles. The van der Waals surface area contributed by atoms with E-state index in [-0.39, 0.29) is 10.6 Å². The number of halogens is 1. The summed E-state index contributed by atoms with van der Waals surface area (Å²) in [5, 5.41) is 0. The van der Waals surface area contributed by atoms with Gasteiger partial charge in [-0.3, -0.25) is 0 Å². The molecule has 0 heterocycles. The molecular weight excluding hydrogens is 328 g/mol. The van der Waals surface area contributed by atoms with Gasteiger partial charge in [-0.05, 0) is 23.8 Å². The highest BCUT2D eigenvalue weighted by molar-refractivity contribution is 9.10. The van der Waals surface area contributed by atoms with Gasteiger partial charge in [-0.15, -0.1) is 0 Å². The summed E-state index contributed by atoms with van der Waals surface area (Å²) in [6, 6.07) is 14.0. The fraction of sp³-hybridized carbons (Fsp3) is 0.143. The van der Waals surface area contributed by atoms with Crippen LogP contribution in [0.5, 0.6) is 5.75 Å². The van der Waals surface area contributed by atoms with E-state index in [0.29, 0.717) is 10.2 Å². The largest absolute Gasteiger partial charge is 0.495 e. The van der Waals surface area contributed by atoms with Crippen LogP contribution in [-0.2, 0) is 15.6 Å². The molecule has 19 heavy (non-hydrogen) atoms. The summed E-state index contributed by atoms with van der Waals surface area (Å²) in [6.45, 7) is 0. The van der Waals surface area contributed by atoms with Crippen LogP contribution in [0.4, 0.5) is 0 Å². The summed E-state index contributed by atoms with van der Waals surface area (Å²) in [7, 11) is -1.97. The fourth-order valence-electron chi connectivity index (χ4n) is 1.76. The Kier molecular flexibility index (Phi) is 4.27. The third kappa shape index (κ3) is 3.36. The van der Waals surface area contributed by atoms with Gasteiger partial charge in [0, 0.05) is 4.47 Å². The van der Waals surface area contributed by atoms with Gasteiger partial charge in [0.1, 0.15) is 10.6 Å². The molecule has 0 atom stereocenters. The highest BCUT2D eigenvalue weighted by Gasteiger charge is 2.20. The Morgan fingerprint density at radius 2 is 1.79 bits per heavy atom. The van der Waals surface area contributed by atoms with Crippen LogP contribution in [0, 0.1) is 0 Å². The zero-order valence-corrected chi connectivity index (χ0v) is 12.7. The molecule has 0 fully saturated rings. The summed E-state index contributed by atoms with van der Waals surface area (Å²) in [4.78, 5) is 0.202. The second-order valence-corrected chi connectivity index (χ2v) is 6.91. The van der Waals surface area contributed by atoms with Crippen molar-refractivity contribution in [2.45, 2.75) is 10.6 Å². The zero-order chi connectivity index (χ0) is 13.9. The minimum absolute atomic E-state index is 0.0410. The van der Waals surface area contributed by atoms with E-state index >= 15 is 0 Å². The van der Waals surface area contributed by atoms with Gasteiger partial charge in [0.25, 0.3) is 0 Å². The van der Waals surface area contributed by atoms with Gasteiger partial charge in [0.05, 0.1) is 12.9 Å². The molecule has 2 aromatic carbocycles. The lowest BCUT2D eigenvalue weighted by molar-refractivity contribution is 0.402. The monoisotopic (exact) mass is 340 g/mol. The second-order valence-electron chi connectivity index (χ2n) is 4.04. The van der Waals surface area contributed by atoms with Gasteiger partial charge in [-0.1, -0.05) is 46.3 Å². The number of hydrogen-bond donors (Lipinski definition) is 0. The Balaban J connectivity index is 2.42. The van der Waals surface area contributed by atoms with E-state index in [0.717, 1.165) is 5.56 Å². The molecule has 0 aliphatic heterocycles. The molecule has 0 aliphatic carbocycles. The van der Waals surface area contributed by atoms with Crippen molar-refractivity contribution in [3.63, 3.8) is 0 Å². The summed E-state index contributed by atoms with van der Waals surface area (Å²) in [5.74, 6) is 0.319. The molecule has 0 aliphatic rings. The maximum Gasteiger partial charge on any atom is 0.186 e. The van der Waals surface area contributed by atoms with Crippen LogP contribution in [0.1, 0.15) is 5.56 Å². The second kappa shape index (κ2) is 5.75. The van der Waals surface area contributed by atoms with E-state index < -0.39 is 9.84 Å². The molecular formula is C14H13BrO3S. The highest BCUT2D eigenvalue weighted by Crippen LogP contribution is 2.29. The van der Waals surface area contributed by atoms with Crippen molar-refractivity contribution in [2.75, 3.05) is 7.11 Å². The lowest BCUT2D eigenvalue weighted by atomic mass is 10.2. The molecule has 0 spiro atoms. The van der Waals surface area contributed by atoms with E-state index in [1.807, 2.05) is 18.2 Å². The van der Waals surface area contributed by atoms with E-state index in [1.165, 1.54) is 7.11 Å². The Morgan fingerprint density at radius 3 is 2.42 bits per heavy atom.